The summed E-state index contributed by atoms with van der Waals surface area (Å²) in [4.78, 5) is 17.8. The highest BCUT2D eigenvalue weighted by atomic mass is 79.9. The highest BCUT2D eigenvalue weighted by Gasteiger charge is 2.11. The molecule has 2 rings (SSSR count). The van der Waals surface area contributed by atoms with E-state index in [1.165, 1.54) is 0 Å². The lowest BCUT2D eigenvalue weighted by Gasteiger charge is -2.16. The minimum atomic E-state index is 0.0326. The fraction of sp³-hybridized carbons (Fsp3) is 0.200. The minimum Gasteiger partial charge on any atom is -0.397 e. The predicted octanol–water partition coefficient (Wildman–Crippen LogP) is 3.02. The highest BCUT2D eigenvalue weighted by molar-refractivity contribution is 9.10. The van der Waals surface area contributed by atoms with Crippen LogP contribution in [0.1, 0.15) is 12.0 Å². The van der Waals surface area contributed by atoms with Crippen molar-refractivity contribution in [2.24, 2.45) is 0 Å². The van der Waals surface area contributed by atoms with Gasteiger partial charge in [0.15, 0.2) is 0 Å². The molecule has 0 saturated heterocycles. The molecule has 4 nitrogen and oxygen atoms in total. The summed E-state index contributed by atoms with van der Waals surface area (Å²) in [5, 5.41) is 0. The van der Waals surface area contributed by atoms with Crippen molar-refractivity contribution in [1.29, 1.82) is 0 Å². The second kappa shape index (κ2) is 6.52. The van der Waals surface area contributed by atoms with Crippen LogP contribution in [0.4, 0.5) is 11.5 Å². The molecule has 2 N–H and O–H groups in total. The molecule has 104 valence electrons. The van der Waals surface area contributed by atoms with Crippen molar-refractivity contribution in [3.05, 3.63) is 52.6 Å². The average Bonchev–Trinajstić information content (AvgIpc) is 2.46. The van der Waals surface area contributed by atoms with Crippen LogP contribution in [0.15, 0.2) is 47.1 Å². The lowest BCUT2D eigenvalue weighted by Crippen LogP contribution is -2.27. The monoisotopic (exact) mass is 333 g/mol. The summed E-state index contributed by atoms with van der Waals surface area (Å²) >= 11 is 3.39. The number of halogens is 1. The van der Waals surface area contributed by atoms with E-state index in [1.807, 2.05) is 24.3 Å². The van der Waals surface area contributed by atoms with Crippen LogP contribution in [-0.4, -0.2) is 17.9 Å². The van der Waals surface area contributed by atoms with Crippen molar-refractivity contribution in [1.82, 2.24) is 4.98 Å². The van der Waals surface area contributed by atoms with Gasteiger partial charge in [-0.15, -0.1) is 0 Å². The number of hydrogen-bond donors (Lipinski definition) is 1. The van der Waals surface area contributed by atoms with Crippen LogP contribution >= 0.6 is 15.9 Å². The number of anilines is 2. The Morgan fingerprint density at radius 1 is 1.25 bits per heavy atom. The van der Waals surface area contributed by atoms with Gasteiger partial charge in [-0.05, 0) is 36.2 Å². The maximum atomic E-state index is 12.1. The van der Waals surface area contributed by atoms with Crippen molar-refractivity contribution in [2.75, 3.05) is 17.7 Å². The van der Waals surface area contributed by atoms with Crippen LogP contribution in [0.2, 0.25) is 0 Å². The minimum absolute atomic E-state index is 0.0326. The first kappa shape index (κ1) is 14.5. The summed E-state index contributed by atoms with van der Waals surface area (Å²) in [6, 6.07) is 11.5. The number of benzene rings is 1. The Hall–Kier alpha value is -1.88. The van der Waals surface area contributed by atoms with Gasteiger partial charge in [0.25, 0.3) is 0 Å². The van der Waals surface area contributed by atoms with Crippen LogP contribution in [0.3, 0.4) is 0 Å². The van der Waals surface area contributed by atoms with E-state index >= 15 is 0 Å². The first-order chi connectivity index (χ1) is 9.56. The first-order valence-corrected chi connectivity index (χ1v) is 7.08. The number of pyridine rings is 1. The van der Waals surface area contributed by atoms with Gasteiger partial charge in [0.1, 0.15) is 5.82 Å². The number of nitrogen functional groups attached to an aromatic ring is 1. The number of aryl methyl sites for hydroxylation is 1. The van der Waals surface area contributed by atoms with Crippen LogP contribution < -0.4 is 10.6 Å². The van der Waals surface area contributed by atoms with Gasteiger partial charge in [-0.3, -0.25) is 9.69 Å². The Balaban J connectivity index is 1.94. The molecule has 0 radical (unpaired) electrons. The van der Waals surface area contributed by atoms with Gasteiger partial charge in [-0.2, -0.15) is 0 Å². The molecule has 0 aliphatic heterocycles. The average molecular weight is 334 g/mol. The smallest absolute Gasteiger partial charge is 0.228 e. The van der Waals surface area contributed by atoms with Crippen molar-refractivity contribution < 1.29 is 4.79 Å². The number of nitrogens with two attached hydrogens (primary N) is 1. The summed E-state index contributed by atoms with van der Waals surface area (Å²) in [7, 11) is 1.72. The Morgan fingerprint density at radius 2 is 1.95 bits per heavy atom. The van der Waals surface area contributed by atoms with E-state index in [-0.39, 0.29) is 5.91 Å². The lowest BCUT2D eigenvalue weighted by molar-refractivity contribution is -0.118. The molecule has 0 spiro atoms. The third-order valence-corrected chi connectivity index (χ3v) is 3.56. The number of aromatic nitrogens is 1. The van der Waals surface area contributed by atoms with Gasteiger partial charge >= 0.3 is 0 Å². The fourth-order valence-corrected chi connectivity index (χ4v) is 2.06. The molecule has 1 aromatic carbocycles. The molecular weight excluding hydrogens is 318 g/mol. The largest absolute Gasteiger partial charge is 0.397 e. The maximum absolute atomic E-state index is 12.1. The SMILES string of the molecule is CN(C(=O)CCc1ccc(Br)cc1)c1ccc(N)cn1. The molecule has 2 aromatic rings. The standard InChI is InChI=1S/C15H16BrN3O/c1-19(14-8-7-13(17)10-18-14)15(20)9-4-11-2-5-12(16)6-3-11/h2-3,5-8,10H,4,9,17H2,1H3. The van der Waals surface area contributed by atoms with Crippen molar-refractivity contribution in [2.45, 2.75) is 12.8 Å². The fourth-order valence-electron chi connectivity index (χ4n) is 1.79. The van der Waals surface area contributed by atoms with E-state index in [1.54, 1.807) is 30.3 Å². The van der Waals surface area contributed by atoms with E-state index in [4.69, 9.17) is 5.73 Å². The normalized spacial score (nSPS) is 10.3. The molecule has 0 unspecified atom stereocenters. The zero-order chi connectivity index (χ0) is 14.5. The van der Waals surface area contributed by atoms with Crippen LogP contribution in [-0.2, 0) is 11.2 Å². The number of amides is 1. The molecule has 0 saturated carbocycles. The Bertz CT molecular complexity index is 581. The number of rotatable bonds is 4. The second-order valence-corrected chi connectivity index (χ2v) is 5.44. The quantitative estimate of drug-likeness (QED) is 0.935. The highest BCUT2D eigenvalue weighted by Crippen LogP contribution is 2.14. The summed E-state index contributed by atoms with van der Waals surface area (Å²) in [5.41, 5.74) is 7.31. The summed E-state index contributed by atoms with van der Waals surface area (Å²) in [6.45, 7) is 0. The molecule has 0 atom stereocenters. The molecule has 20 heavy (non-hydrogen) atoms. The number of nitrogens with zero attached hydrogens (tertiary/aromatic N) is 2. The Morgan fingerprint density at radius 3 is 2.55 bits per heavy atom. The second-order valence-electron chi connectivity index (χ2n) is 4.53. The number of hydrogen-bond acceptors (Lipinski definition) is 3. The third kappa shape index (κ3) is 3.81. The van der Waals surface area contributed by atoms with Gasteiger partial charge in [0, 0.05) is 17.9 Å². The van der Waals surface area contributed by atoms with Crippen LogP contribution in [0, 0.1) is 0 Å². The molecular formula is C15H16BrN3O. The molecule has 0 aliphatic rings. The number of carbonyl (C=O) groups excluding carboxylic acids is 1. The van der Waals surface area contributed by atoms with Crippen molar-refractivity contribution in [3.8, 4) is 0 Å². The van der Waals surface area contributed by atoms with E-state index in [2.05, 4.69) is 20.9 Å². The van der Waals surface area contributed by atoms with Crippen LogP contribution in [0.5, 0.6) is 0 Å². The third-order valence-electron chi connectivity index (χ3n) is 3.03. The topological polar surface area (TPSA) is 59.2 Å². The van der Waals surface area contributed by atoms with E-state index in [0.717, 1.165) is 10.0 Å². The zero-order valence-corrected chi connectivity index (χ0v) is 12.8. The molecule has 1 aromatic heterocycles. The lowest BCUT2D eigenvalue weighted by atomic mass is 10.1. The van der Waals surface area contributed by atoms with Gasteiger partial charge in [-0.25, -0.2) is 4.98 Å². The molecule has 1 amide bonds. The van der Waals surface area contributed by atoms with Crippen molar-refractivity contribution in [3.63, 3.8) is 0 Å². The van der Waals surface area contributed by atoms with E-state index in [9.17, 15) is 4.79 Å². The summed E-state index contributed by atoms with van der Waals surface area (Å²) < 4.78 is 1.04. The van der Waals surface area contributed by atoms with Crippen LogP contribution in [0.25, 0.3) is 0 Å². The van der Waals surface area contributed by atoms with Gasteiger partial charge in [-0.1, -0.05) is 28.1 Å². The molecule has 0 bridgehead atoms. The molecule has 0 aliphatic carbocycles. The zero-order valence-electron chi connectivity index (χ0n) is 11.2. The van der Waals surface area contributed by atoms with Gasteiger partial charge in [0.05, 0.1) is 11.9 Å². The van der Waals surface area contributed by atoms with E-state index < -0.39 is 0 Å². The summed E-state index contributed by atoms with van der Waals surface area (Å²) in [5.74, 6) is 0.644. The van der Waals surface area contributed by atoms with Gasteiger partial charge in [0.2, 0.25) is 5.91 Å². The molecule has 0 fully saturated rings. The Kier molecular flexibility index (Phi) is 4.74. The molecule has 5 heteroatoms. The maximum Gasteiger partial charge on any atom is 0.228 e. The number of carbonyl (C=O) groups is 1. The van der Waals surface area contributed by atoms with E-state index in [0.29, 0.717) is 24.3 Å². The summed E-state index contributed by atoms with van der Waals surface area (Å²) in [6.07, 6.45) is 2.71. The molecule has 1 heterocycles. The first-order valence-electron chi connectivity index (χ1n) is 6.29. The van der Waals surface area contributed by atoms with Gasteiger partial charge < -0.3 is 5.73 Å². The Labute approximate surface area is 126 Å². The predicted molar refractivity (Wildman–Crippen MR) is 84.5 cm³/mol. The van der Waals surface area contributed by atoms with Crippen molar-refractivity contribution >= 4 is 33.3 Å².